The van der Waals surface area contributed by atoms with Crippen molar-refractivity contribution < 1.29 is 0 Å². The number of azo groups is 1. The summed E-state index contributed by atoms with van der Waals surface area (Å²) in [5.41, 5.74) is 1.92. The molecular weight excluding hydrogens is 380 g/mol. The van der Waals surface area contributed by atoms with Gasteiger partial charge in [-0.15, -0.1) is 10.2 Å². The van der Waals surface area contributed by atoms with E-state index in [2.05, 4.69) is 31.3 Å². The molecule has 0 aliphatic rings. The predicted octanol–water partition coefficient (Wildman–Crippen LogP) is 5.31. The number of aromatic amines is 1. The number of rotatable bonds is 3. The van der Waals surface area contributed by atoms with Crippen LogP contribution in [-0.2, 0) is 0 Å². The van der Waals surface area contributed by atoms with Gasteiger partial charge in [-0.3, -0.25) is 9.89 Å². The van der Waals surface area contributed by atoms with Crippen molar-refractivity contribution in [2.75, 3.05) is 0 Å². The second kappa shape index (κ2) is 6.52. The fourth-order valence-electron chi connectivity index (χ4n) is 2.09. The maximum absolute atomic E-state index is 12.5. The molecule has 5 nitrogen and oxygen atoms in total. The van der Waals surface area contributed by atoms with E-state index in [1.807, 2.05) is 24.3 Å². The molecule has 1 N–H and O–H groups in total. The number of nitrogens with zero attached hydrogens (tertiary/aromatic N) is 3. The van der Waals surface area contributed by atoms with E-state index in [0.29, 0.717) is 22.1 Å². The van der Waals surface area contributed by atoms with E-state index in [4.69, 9.17) is 11.6 Å². The minimum atomic E-state index is -0.277. The van der Waals surface area contributed by atoms with E-state index < -0.39 is 0 Å². The molecule has 0 bridgehead atoms. The molecule has 1 aromatic heterocycles. The molecule has 116 valence electrons. The van der Waals surface area contributed by atoms with E-state index in [0.717, 1.165) is 4.47 Å². The number of aryl methyl sites for hydroxylation is 1. The van der Waals surface area contributed by atoms with Crippen LogP contribution in [0.2, 0.25) is 5.02 Å². The van der Waals surface area contributed by atoms with Crippen molar-refractivity contribution in [3.63, 3.8) is 0 Å². The zero-order valence-electron chi connectivity index (χ0n) is 12.1. The highest BCUT2D eigenvalue weighted by atomic mass is 79.9. The van der Waals surface area contributed by atoms with Gasteiger partial charge in [-0.1, -0.05) is 29.8 Å². The van der Waals surface area contributed by atoms with Crippen LogP contribution in [-0.4, -0.2) is 9.78 Å². The minimum Gasteiger partial charge on any atom is -0.293 e. The fraction of sp³-hybridized carbons (Fsp3) is 0.0625. The Labute approximate surface area is 145 Å². The fourth-order valence-corrected chi connectivity index (χ4v) is 2.64. The number of halogens is 2. The lowest BCUT2D eigenvalue weighted by atomic mass is 10.3. The van der Waals surface area contributed by atoms with Crippen molar-refractivity contribution in [3.8, 4) is 5.69 Å². The average Bonchev–Trinajstić information content (AvgIpc) is 2.81. The Morgan fingerprint density at radius 1 is 1.13 bits per heavy atom. The van der Waals surface area contributed by atoms with Crippen LogP contribution in [0.5, 0.6) is 0 Å². The molecule has 2 aromatic carbocycles. The number of nitrogens with one attached hydrogen (secondary N) is 1. The molecule has 0 amide bonds. The second-order valence-electron chi connectivity index (χ2n) is 4.86. The van der Waals surface area contributed by atoms with Crippen molar-refractivity contribution in [2.45, 2.75) is 6.92 Å². The summed E-state index contributed by atoms with van der Waals surface area (Å²) < 4.78 is 2.21. The lowest BCUT2D eigenvalue weighted by molar-refractivity contribution is 0.835. The Morgan fingerprint density at radius 2 is 1.91 bits per heavy atom. The van der Waals surface area contributed by atoms with Crippen molar-refractivity contribution in [3.05, 3.63) is 74.1 Å². The molecule has 3 aromatic rings. The van der Waals surface area contributed by atoms with Crippen LogP contribution in [0.3, 0.4) is 0 Å². The highest BCUT2D eigenvalue weighted by molar-refractivity contribution is 9.10. The van der Waals surface area contributed by atoms with Crippen LogP contribution in [0.25, 0.3) is 5.69 Å². The first-order valence-corrected chi connectivity index (χ1v) is 7.97. The van der Waals surface area contributed by atoms with Crippen LogP contribution in [0.1, 0.15) is 5.69 Å². The Bertz CT molecular complexity index is 945. The predicted molar refractivity (Wildman–Crippen MR) is 94.5 cm³/mol. The summed E-state index contributed by atoms with van der Waals surface area (Å²) in [6.07, 6.45) is 0. The summed E-state index contributed by atoms with van der Waals surface area (Å²) >= 11 is 9.37. The van der Waals surface area contributed by atoms with E-state index in [1.54, 1.807) is 31.2 Å². The van der Waals surface area contributed by atoms with Crippen molar-refractivity contribution in [1.29, 1.82) is 0 Å². The number of hydrogen-bond acceptors (Lipinski definition) is 3. The molecule has 0 unspecified atom stereocenters. The first-order valence-electron chi connectivity index (χ1n) is 6.80. The van der Waals surface area contributed by atoms with Crippen LogP contribution in [0, 0.1) is 6.92 Å². The number of benzene rings is 2. The molecule has 0 spiro atoms. The van der Waals surface area contributed by atoms with Gasteiger partial charge in [-0.25, -0.2) is 4.68 Å². The molecule has 0 aliphatic carbocycles. The highest BCUT2D eigenvalue weighted by Gasteiger charge is 2.12. The van der Waals surface area contributed by atoms with Gasteiger partial charge in [0.1, 0.15) is 0 Å². The van der Waals surface area contributed by atoms with Crippen LogP contribution >= 0.6 is 27.5 Å². The molecule has 0 radical (unpaired) electrons. The lowest BCUT2D eigenvalue weighted by Gasteiger charge is -2.00. The summed E-state index contributed by atoms with van der Waals surface area (Å²) in [6, 6.07) is 14.4. The summed E-state index contributed by atoms with van der Waals surface area (Å²) in [6.45, 7) is 1.77. The molecular formula is C16H12BrClN4O. The summed E-state index contributed by atoms with van der Waals surface area (Å²) in [5, 5.41) is 11.8. The Kier molecular flexibility index (Phi) is 4.45. The molecule has 0 saturated carbocycles. The lowest BCUT2D eigenvalue weighted by Crippen LogP contribution is -2.13. The maximum Gasteiger partial charge on any atom is 0.299 e. The Balaban J connectivity index is 2.02. The van der Waals surface area contributed by atoms with Gasteiger partial charge in [0.2, 0.25) is 0 Å². The monoisotopic (exact) mass is 390 g/mol. The Morgan fingerprint density at radius 3 is 2.65 bits per heavy atom. The molecule has 0 fully saturated rings. The maximum atomic E-state index is 12.5. The molecule has 0 aliphatic heterocycles. The van der Waals surface area contributed by atoms with Gasteiger partial charge in [-0.2, -0.15) is 0 Å². The quantitative estimate of drug-likeness (QED) is 0.605. The third-order valence-corrected chi connectivity index (χ3v) is 4.12. The number of hydrogen-bond donors (Lipinski definition) is 1. The van der Waals surface area contributed by atoms with Gasteiger partial charge < -0.3 is 0 Å². The van der Waals surface area contributed by atoms with Gasteiger partial charge >= 0.3 is 0 Å². The second-order valence-corrected chi connectivity index (χ2v) is 6.15. The average molecular weight is 392 g/mol. The summed E-state index contributed by atoms with van der Waals surface area (Å²) in [4.78, 5) is 12.5. The largest absolute Gasteiger partial charge is 0.299 e. The molecule has 3 rings (SSSR count). The van der Waals surface area contributed by atoms with E-state index >= 15 is 0 Å². The molecule has 0 atom stereocenters. The van der Waals surface area contributed by atoms with Crippen molar-refractivity contribution in [2.24, 2.45) is 10.2 Å². The molecule has 23 heavy (non-hydrogen) atoms. The summed E-state index contributed by atoms with van der Waals surface area (Å²) in [7, 11) is 0. The minimum absolute atomic E-state index is 0.265. The smallest absolute Gasteiger partial charge is 0.293 e. The van der Waals surface area contributed by atoms with Crippen molar-refractivity contribution in [1.82, 2.24) is 9.78 Å². The normalized spacial score (nSPS) is 11.3. The zero-order chi connectivity index (χ0) is 16.4. The van der Waals surface area contributed by atoms with Gasteiger partial charge in [0, 0.05) is 9.50 Å². The standard InChI is InChI=1S/C16H12BrClN4O/c1-10-15(20-19-14-8-3-2-7-13(14)17)16(23)22(21-10)12-6-4-5-11(18)9-12/h2-9,21H,1H3. The van der Waals surface area contributed by atoms with Gasteiger partial charge in [0.15, 0.2) is 5.69 Å². The number of aromatic nitrogens is 2. The molecule has 0 saturated heterocycles. The van der Waals surface area contributed by atoms with Crippen LogP contribution < -0.4 is 5.56 Å². The van der Waals surface area contributed by atoms with Crippen LogP contribution in [0.4, 0.5) is 11.4 Å². The van der Waals surface area contributed by atoms with Crippen LogP contribution in [0.15, 0.2) is 68.0 Å². The van der Waals surface area contributed by atoms with Gasteiger partial charge in [0.05, 0.1) is 17.1 Å². The van der Waals surface area contributed by atoms with Gasteiger partial charge in [-0.05, 0) is 53.2 Å². The van der Waals surface area contributed by atoms with E-state index in [9.17, 15) is 4.79 Å². The number of H-pyrrole nitrogens is 1. The SMILES string of the molecule is Cc1[nH]n(-c2cccc(Cl)c2)c(=O)c1N=Nc1ccccc1Br. The topological polar surface area (TPSA) is 62.5 Å². The molecule has 7 heteroatoms. The summed E-state index contributed by atoms with van der Waals surface area (Å²) in [5.74, 6) is 0. The van der Waals surface area contributed by atoms with Crippen molar-refractivity contribution >= 4 is 38.9 Å². The first-order chi connectivity index (χ1) is 11.1. The molecule has 1 heterocycles. The van der Waals surface area contributed by atoms with E-state index in [1.165, 1.54) is 4.68 Å². The first kappa shape index (κ1) is 15.7. The zero-order valence-corrected chi connectivity index (χ0v) is 14.5. The third kappa shape index (κ3) is 3.28. The third-order valence-electron chi connectivity index (χ3n) is 3.22. The van der Waals surface area contributed by atoms with E-state index in [-0.39, 0.29) is 11.2 Å². The Hall–Kier alpha value is -2.18. The van der Waals surface area contributed by atoms with Gasteiger partial charge in [0.25, 0.3) is 5.56 Å². The highest BCUT2D eigenvalue weighted by Crippen LogP contribution is 2.26.